The summed E-state index contributed by atoms with van der Waals surface area (Å²) in [5, 5.41) is 9.48. The van der Waals surface area contributed by atoms with E-state index in [9.17, 15) is 13.5 Å². The minimum Gasteiger partial charge on any atom is -0.389 e. The smallest absolute Gasteiger partial charge is 0.240 e. The van der Waals surface area contributed by atoms with Crippen molar-refractivity contribution in [2.75, 3.05) is 13.2 Å². The van der Waals surface area contributed by atoms with Crippen LogP contribution in [0, 0.1) is 0 Å². The van der Waals surface area contributed by atoms with Crippen molar-refractivity contribution in [1.29, 1.82) is 0 Å². The van der Waals surface area contributed by atoms with E-state index in [1.807, 2.05) is 6.92 Å². The van der Waals surface area contributed by atoms with Crippen molar-refractivity contribution < 1.29 is 18.3 Å². The molecule has 2 atom stereocenters. The summed E-state index contributed by atoms with van der Waals surface area (Å²) in [6.07, 6.45) is -0.698. The van der Waals surface area contributed by atoms with Gasteiger partial charge in [-0.3, -0.25) is 0 Å². The lowest BCUT2D eigenvalue weighted by molar-refractivity contribution is 0.133. The minimum absolute atomic E-state index is 0.147. The fraction of sp³-hybridized carbons (Fsp3) is 0.538. The van der Waals surface area contributed by atoms with Crippen LogP contribution in [0.2, 0.25) is 0 Å². The molecule has 108 valence electrons. The molecule has 0 saturated heterocycles. The van der Waals surface area contributed by atoms with Gasteiger partial charge in [0.2, 0.25) is 10.0 Å². The number of ether oxygens (including phenoxy) is 1. The average Bonchev–Trinajstić information content (AvgIpc) is 2.36. The van der Waals surface area contributed by atoms with Crippen molar-refractivity contribution in [3.63, 3.8) is 0 Å². The third kappa shape index (κ3) is 4.91. The molecular weight excluding hydrogens is 266 g/mol. The number of nitrogens with one attached hydrogen (secondary N) is 1. The van der Waals surface area contributed by atoms with Gasteiger partial charge in [0, 0.05) is 12.6 Å². The summed E-state index contributed by atoms with van der Waals surface area (Å²) in [6, 6.07) is 5.97. The molecule has 0 radical (unpaired) electrons. The minimum atomic E-state index is -3.59. The number of sulfonamides is 1. The normalized spacial score (nSPS) is 15.2. The van der Waals surface area contributed by atoms with E-state index in [-0.39, 0.29) is 10.9 Å². The molecule has 0 aliphatic carbocycles. The molecule has 2 N–H and O–H groups in total. The first kappa shape index (κ1) is 16.1. The number of hydrogen-bond donors (Lipinski definition) is 2. The molecule has 0 aliphatic rings. The lowest BCUT2D eigenvalue weighted by Gasteiger charge is -2.15. The van der Waals surface area contributed by atoms with Gasteiger partial charge in [-0.2, -0.15) is 0 Å². The first-order valence-corrected chi connectivity index (χ1v) is 7.73. The van der Waals surface area contributed by atoms with Gasteiger partial charge in [0.15, 0.2) is 0 Å². The Hall–Kier alpha value is -0.950. The van der Waals surface area contributed by atoms with Crippen molar-refractivity contribution in [2.45, 2.75) is 37.8 Å². The maximum absolute atomic E-state index is 12.1. The molecule has 1 aromatic rings. The molecule has 0 aliphatic heterocycles. The molecule has 1 aromatic carbocycles. The zero-order valence-corrected chi connectivity index (χ0v) is 12.3. The van der Waals surface area contributed by atoms with E-state index < -0.39 is 16.1 Å². The van der Waals surface area contributed by atoms with Crippen LogP contribution in [0.25, 0.3) is 0 Å². The van der Waals surface area contributed by atoms with Gasteiger partial charge in [-0.15, -0.1) is 0 Å². The molecule has 0 aromatic heterocycles. The van der Waals surface area contributed by atoms with Gasteiger partial charge in [0.05, 0.1) is 17.6 Å². The second kappa shape index (κ2) is 7.00. The van der Waals surface area contributed by atoms with Crippen LogP contribution in [0.5, 0.6) is 0 Å². The summed E-state index contributed by atoms with van der Waals surface area (Å²) < 4.78 is 32.0. The van der Waals surface area contributed by atoms with E-state index >= 15 is 0 Å². The van der Waals surface area contributed by atoms with E-state index in [1.54, 1.807) is 26.0 Å². The lowest BCUT2D eigenvalue weighted by atomic mass is 10.1. The van der Waals surface area contributed by atoms with Crippen LogP contribution in [0.15, 0.2) is 29.2 Å². The summed E-state index contributed by atoms with van der Waals surface area (Å²) in [5.41, 5.74) is 0.570. The van der Waals surface area contributed by atoms with Crippen LogP contribution < -0.4 is 4.72 Å². The van der Waals surface area contributed by atoms with Crippen molar-refractivity contribution in [3.05, 3.63) is 29.8 Å². The highest BCUT2D eigenvalue weighted by atomic mass is 32.2. The molecule has 0 fully saturated rings. The van der Waals surface area contributed by atoms with E-state index in [4.69, 9.17) is 4.74 Å². The Balaban J connectivity index is 2.85. The molecule has 2 unspecified atom stereocenters. The maximum atomic E-state index is 12.1. The van der Waals surface area contributed by atoms with Crippen molar-refractivity contribution in [3.8, 4) is 0 Å². The monoisotopic (exact) mass is 287 g/mol. The van der Waals surface area contributed by atoms with Crippen LogP contribution in [0.4, 0.5) is 0 Å². The zero-order valence-electron chi connectivity index (χ0n) is 11.5. The van der Waals surface area contributed by atoms with E-state index in [2.05, 4.69) is 4.72 Å². The molecule has 6 heteroatoms. The second-order valence-electron chi connectivity index (χ2n) is 4.43. The van der Waals surface area contributed by atoms with Gasteiger partial charge in [-0.25, -0.2) is 13.1 Å². The van der Waals surface area contributed by atoms with Crippen LogP contribution in [0.3, 0.4) is 0 Å². The maximum Gasteiger partial charge on any atom is 0.240 e. The van der Waals surface area contributed by atoms with Crippen molar-refractivity contribution in [1.82, 2.24) is 4.72 Å². The van der Waals surface area contributed by atoms with Gasteiger partial charge in [-0.1, -0.05) is 12.1 Å². The molecular formula is C13H21NO4S. The summed E-state index contributed by atoms with van der Waals surface area (Å²) in [4.78, 5) is 0.147. The highest BCUT2D eigenvalue weighted by Gasteiger charge is 2.18. The van der Waals surface area contributed by atoms with Gasteiger partial charge in [-0.05, 0) is 38.5 Å². The number of rotatable bonds is 7. The van der Waals surface area contributed by atoms with Gasteiger partial charge in [0.1, 0.15) is 0 Å². The highest BCUT2D eigenvalue weighted by molar-refractivity contribution is 7.89. The summed E-state index contributed by atoms with van der Waals surface area (Å²) in [6.45, 7) is 6.06. The first-order chi connectivity index (χ1) is 8.86. The fourth-order valence-corrected chi connectivity index (χ4v) is 2.89. The van der Waals surface area contributed by atoms with Gasteiger partial charge < -0.3 is 9.84 Å². The molecule has 1 rings (SSSR count). The number of benzene rings is 1. The largest absolute Gasteiger partial charge is 0.389 e. The number of aliphatic hydroxyl groups excluding tert-OH is 1. The van der Waals surface area contributed by atoms with Gasteiger partial charge >= 0.3 is 0 Å². The SMILES string of the molecule is CCOCC(C)NS(=O)(=O)c1cccc(C(C)O)c1. The number of hydrogen-bond acceptors (Lipinski definition) is 4. The zero-order chi connectivity index (χ0) is 14.5. The predicted molar refractivity (Wildman–Crippen MR) is 73.4 cm³/mol. The molecule has 0 heterocycles. The molecule has 0 saturated carbocycles. The van der Waals surface area contributed by atoms with Crippen LogP contribution in [-0.4, -0.2) is 32.8 Å². The topological polar surface area (TPSA) is 75.6 Å². The molecule has 0 bridgehead atoms. The second-order valence-corrected chi connectivity index (χ2v) is 6.14. The molecule has 0 amide bonds. The average molecular weight is 287 g/mol. The molecule has 19 heavy (non-hydrogen) atoms. The number of aliphatic hydroxyl groups is 1. The Kier molecular flexibility index (Phi) is 5.93. The van der Waals surface area contributed by atoms with Crippen LogP contribution in [0.1, 0.15) is 32.4 Å². The van der Waals surface area contributed by atoms with Crippen molar-refractivity contribution in [2.24, 2.45) is 0 Å². The molecule has 5 nitrogen and oxygen atoms in total. The Morgan fingerprint density at radius 1 is 1.37 bits per heavy atom. The summed E-state index contributed by atoms with van der Waals surface area (Å²) in [5.74, 6) is 0. The van der Waals surface area contributed by atoms with Crippen molar-refractivity contribution >= 4 is 10.0 Å². The van der Waals surface area contributed by atoms with E-state index in [1.165, 1.54) is 12.1 Å². The third-order valence-corrected chi connectivity index (χ3v) is 4.17. The summed E-state index contributed by atoms with van der Waals surface area (Å²) in [7, 11) is -3.59. The lowest BCUT2D eigenvalue weighted by Crippen LogP contribution is -2.35. The Morgan fingerprint density at radius 2 is 2.05 bits per heavy atom. The first-order valence-electron chi connectivity index (χ1n) is 6.25. The van der Waals surface area contributed by atoms with Crippen LogP contribution >= 0.6 is 0 Å². The highest BCUT2D eigenvalue weighted by Crippen LogP contribution is 2.17. The van der Waals surface area contributed by atoms with Gasteiger partial charge in [0.25, 0.3) is 0 Å². The predicted octanol–water partition coefficient (Wildman–Crippen LogP) is 1.44. The van der Waals surface area contributed by atoms with E-state index in [0.29, 0.717) is 18.8 Å². The van der Waals surface area contributed by atoms with E-state index in [0.717, 1.165) is 0 Å². The Labute approximate surface area is 114 Å². The quantitative estimate of drug-likeness (QED) is 0.796. The summed E-state index contributed by atoms with van der Waals surface area (Å²) >= 11 is 0. The third-order valence-electron chi connectivity index (χ3n) is 2.58. The van der Waals surface area contributed by atoms with Crippen LogP contribution in [-0.2, 0) is 14.8 Å². The Morgan fingerprint density at radius 3 is 2.63 bits per heavy atom. The standard InChI is InChI=1S/C13H21NO4S/c1-4-18-9-10(2)14-19(16,17)13-7-5-6-12(8-13)11(3)15/h5-8,10-11,14-15H,4,9H2,1-3H3. The molecule has 0 spiro atoms. The Bertz CT molecular complexity index is 499. The fourth-order valence-electron chi connectivity index (χ4n) is 1.60.